The molecule has 2 nitrogen and oxygen atoms in total. The zero-order valence-corrected chi connectivity index (χ0v) is 10.3. The summed E-state index contributed by atoms with van der Waals surface area (Å²) in [7, 11) is 2.03. The number of aliphatic hydroxyl groups excluding tert-OH is 1. The molecule has 1 fully saturated rings. The van der Waals surface area contributed by atoms with Crippen LogP contribution in [-0.4, -0.2) is 25.1 Å². The molecule has 2 rings (SSSR count). The summed E-state index contributed by atoms with van der Waals surface area (Å²) in [6.45, 7) is 0. The minimum atomic E-state index is -0.105. The second-order valence-electron chi connectivity index (χ2n) is 4.63. The first kappa shape index (κ1) is 11.8. The summed E-state index contributed by atoms with van der Waals surface area (Å²) in [5.74, 6) is 0. The predicted octanol–water partition coefficient (Wildman–Crippen LogP) is 1.31. The first-order chi connectivity index (χ1) is 7.65. The van der Waals surface area contributed by atoms with Crippen molar-refractivity contribution in [2.24, 2.45) is 0 Å². The summed E-state index contributed by atoms with van der Waals surface area (Å²) < 4.78 is 0. The van der Waals surface area contributed by atoms with Gasteiger partial charge in [-0.15, -0.1) is 0 Å². The van der Waals surface area contributed by atoms with E-state index in [0.717, 1.165) is 36.4 Å². The van der Waals surface area contributed by atoms with E-state index in [1.54, 1.807) is 0 Å². The van der Waals surface area contributed by atoms with Crippen molar-refractivity contribution in [3.8, 4) is 0 Å². The van der Waals surface area contributed by atoms with Gasteiger partial charge in [-0.2, -0.15) is 0 Å². The molecule has 86 valence electrons. The molecule has 0 radical (unpaired) electrons. The molecule has 2 N–H and O–H groups in total. The SMILES string of the molecule is Bc1ccc(NC2CCC(O)CC2)c(Cl)c1. The number of benzene rings is 1. The molecule has 1 aromatic rings. The third-order valence-electron chi connectivity index (χ3n) is 3.18. The largest absolute Gasteiger partial charge is 0.393 e. The van der Waals surface area contributed by atoms with Crippen molar-refractivity contribution in [2.75, 3.05) is 5.32 Å². The van der Waals surface area contributed by atoms with Crippen LogP contribution in [0.3, 0.4) is 0 Å². The van der Waals surface area contributed by atoms with Gasteiger partial charge in [-0.05, 0) is 37.8 Å². The molecule has 1 aliphatic rings. The quantitative estimate of drug-likeness (QED) is 0.761. The van der Waals surface area contributed by atoms with Gasteiger partial charge in [0.1, 0.15) is 7.85 Å². The van der Waals surface area contributed by atoms with E-state index in [1.807, 2.05) is 20.0 Å². The van der Waals surface area contributed by atoms with Crippen LogP contribution in [0.2, 0.25) is 5.02 Å². The number of hydrogen-bond acceptors (Lipinski definition) is 2. The molecule has 0 spiro atoms. The van der Waals surface area contributed by atoms with Crippen molar-refractivity contribution in [3.63, 3.8) is 0 Å². The van der Waals surface area contributed by atoms with Crippen LogP contribution in [0.4, 0.5) is 5.69 Å². The number of rotatable bonds is 2. The summed E-state index contributed by atoms with van der Waals surface area (Å²) in [5.41, 5.74) is 2.18. The highest BCUT2D eigenvalue weighted by Crippen LogP contribution is 2.25. The van der Waals surface area contributed by atoms with Gasteiger partial charge in [0.05, 0.1) is 16.8 Å². The minimum Gasteiger partial charge on any atom is -0.393 e. The third-order valence-corrected chi connectivity index (χ3v) is 3.49. The van der Waals surface area contributed by atoms with E-state index < -0.39 is 0 Å². The average Bonchev–Trinajstić information content (AvgIpc) is 2.25. The highest BCUT2D eigenvalue weighted by atomic mass is 35.5. The smallest absolute Gasteiger partial charge is 0.139 e. The van der Waals surface area contributed by atoms with Crippen LogP contribution in [-0.2, 0) is 0 Å². The molecule has 0 bridgehead atoms. The van der Waals surface area contributed by atoms with E-state index >= 15 is 0 Å². The van der Waals surface area contributed by atoms with Crippen LogP contribution >= 0.6 is 11.6 Å². The summed E-state index contributed by atoms with van der Waals surface area (Å²) >= 11 is 6.17. The van der Waals surface area contributed by atoms with E-state index in [1.165, 1.54) is 5.46 Å². The average molecular weight is 238 g/mol. The Morgan fingerprint density at radius 3 is 2.56 bits per heavy atom. The van der Waals surface area contributed by atoms with Crippen LogP contribution in [0.15, 0.2) is 18.2 Å². The van der Waals surface area contributed by atoms with Gasteiger partial charge < -0.3 is 10.4 Å². The van der Waals surface area contributed by atoms with Gasteiger partial charge in [0, 0.05) is 6.04 Å². The van der Waals surface area contributed by atoms with Gasteiger partial charge in [0.25, 0.3) is 0 Å². The summed E-state index contributed by atoms with van der Waals surface area (Å²) in [5, 5.41) is 13.7. The maximum atomic E-state index is 9.43. The summed E-state index contributed by atoms with van der Waals surface area (Å²) in [6, 6.07) is 6.51. The molecular formula is C12H17BClNO. The molecular weight excluding hydrogens is 220 g/mol. The van der Waals surface area contributed by atoms with E-state index in [-0.39, 0.29) is 6.10 Å². The molecule has 0 aromatic heterocycles. The number of anilines is 1. The van der Waals surface area contributed by atoms with Crippen LogP contribution in [0.5, 0.6) is 0 Å². The minimum absolute atomic E-state index is 0.105. The Balaban J connectivity index is 1.98. The topological polar surface area (TPSA) is 32.3 Å². The standard InChI is InChI=1S/C12H17BClNO/c13-8-1-6-12(11(14)7-8)15-9-2-4-10(16)5-3-9/h1,6-7,9-10,15-16H,2-5,13H2. The molecule has 16 heavy (non-hydrogen) atoms. The fourth-order valence-electron chi connectivity index (χ4n) is 2.18. The van der Waals surface area contributed by atoms with Crippen LogP contribution in [0.25, 0.3) is 0 Å². The van der Waals surface area contributed by atoms with E-state index in [2.05, 4.69) is 11.4 Å². The molecule has 1 saturated carbocycles. The number of halogens is 1. The molecule has 1 aromatic carbocycles. The van der Waals surface area contributed by atoms with Crippen LogP contribution in [0.1, 0.15) is 25.7 Å². The maximum absolute atomic E-state index is 9.43. The molecule has 0 amide bonds. The van der Waals surface area contributed by atoms with Gasteiger partial charge in [0.15, 0.2) is 0 Å². The summed E-state index contributed by atoms with van der Waals surface area (Å²) in [6.07, 6.45) is 3.71. The number of hydrogen-bond donors (Lipinski definition) is 2. The van der Waals surface area contributed by atoms with Crippen LogP contribution < -0.4 is 10.8 Å². The lowest BCUT2D eigenvalue weighted by atomic mass is 9.92. The van der Waals surface area contributed by atoms with Gasteiger partial charge in [-0.3, -0.25) is 0 Å². The molecule has 1 aliphatic carbocycles. The molecule has 0 aliphatic heterocycles. The Morgan fingerprint density at radius 1 is 1.25 bits per heavy atom. The maximum Gasteiger partial charge on any atom is 0.139 e. The van der Waals surface area contributed by atoms with Crippen molar-refractivity contribution >= 4 is 30.6 Å². The van der Waals surface area contributed by atoms with Crippen molar-refractivity contribution in [1.29, 1.82) is 0 Å². The zero-order valence-electron chi connectivity index (χ0n) is 9.54. The lowest BCUT2D eigenvalue weighted by Gasteiger charge is -2.27. The van der Waals surface area contributed by atoms with Gasteiger partial charge in [0.2, 0.25) is 0 Å². The lowest BCUT2D eigenvalue weighted by Crippen LogP contribution is -2.28. The molecule has 0 heterocycles. The Kier molecular flexibility index (Phi) is 3.77. The Hall–Kier alpha value is -0.665. The van der Waals surface area contributed by atoms with E-state index in [9.17, 15) is 5.11 Å². The number of nitrogens with one attached hydrogen (secondary N) is 1. The normalized spacial score (nSPS) is 25.4. The van der Waals surface area contributed by atoms with Gasteiger partial charge >= 0.3 is 0 Å². The molecule has 0 saturated heterocycles. The van der Waals surface area contributed by atoms with E-state index in [0.29, 0.717) is 6.04 Å². The van der Waals surface area contributed by atoms with Gasteiger partial charge in [-0.1, -0.05) is 23.1 Å². The van der Waals surface area contributed by atoms with Crippen molar-refractivity contribution < 1.29 is 5.11 Å². The second kappa shape index (κ2) is 5.11. The fraction of sp³-hybridized carbons (Fsp3) is 0.500. The lowest BCUT2D eigenvalue weighted by molar-refractivity contribution is 0.126. The fourth-order valence-corrected chi connectivity index (χ4v) is 2.47. The first-order valence-electron chi connectivity index (χ1n) is 5.86. The Bertz CT molecular complexity index is 364. The highest BCUT2D eigenvalue weighted by molar-refractivity contribution is 6.37. The zero-order chi connectivity index (χ0) is 11.5. The summed E-state index contributed by atoms with van der Waals surface area (Å²) in [4.78, 5) is 0. The van der Waals surface area contributed by atoms with Crippen molar-refractivity contribution in [2.45, 2.75) is 37.8 Å². The first-order valence-corrected chi connectivity index (χ1v) is 6.23. The highest BCUT2D eigenvalue weighted by Gasteiger charge is 2.19. The van der Waals surface area contributed by atoms with Crippen molar-refractivity contribution in [3.05, 3.63) is 23.2 Å². The van der Waals surface area contributed by atoms with Crippen molar-refractivity contribution in [1.82, 2.24) is 0 Å². The predicted molar refractivity (Wildman–Crippen MR) is 71.5 cm³/mol. The van der Waals surface area contributed by atoms with E-state index in [4.69, 9.17) is 11.6 Å². The number of aliphatic hydroxyl groups is 1. The third kappa shape index (κ3) is 2.93. The molecule has 4 heteroatoms. The monoisotopic (exact) mass is 237 g/mol. The Morgan fingerprint density at radius 2 is 1.94 bits per heavy atom. The second-order valence-corrected chi connectivity index (χ2v) is 5.04. The Labute approximate surface area is 102 Å². The van der Waals surface area contributed by atoms with Crippen LogP contribution in [0, 0.1) is 0 Å². The van der Waals surface area contributed by atoms with Gasteiger partial charge in [-0.25, -0.2) is 0 Å². The molecule has 0 atom stereocenters. The molecule has 0 unspecified atom stereocenters.